The number of nitrogens with one attached hydrogen (secondary N) is 1. The van der Waals surface area contributed by atoms with E-state index in [1.807, 2.05) is 18.2 Å². The van der Waals surface area contributed by atoms with Gasteiger partial charge < -0.3 is 15.0 Å². The molecule has 0 aromatic heterocycles. The summed E-state index contributed by atoms with van der Waals surface area (Å²) < 4.78 is 18.7. The molecule has 1 N–H and O–H groups in total. The normalized spacial score (nSPS) is 16.6. The van der Waals surface area contributed by atoms with Crippen LogP contribution in [0.25, 0.3) is 0 Å². The number of hydrogen-bond acceptors (Lipinski definition) is 4. The summed E-state index contributed by atoms with van der Waals surface area (Å²) in [5.41, 5.74) is 0.948. The van der Waals surface area contributed by atoms with Gasteiger partial charge in [-0.25, -0.2) is 9.18 Å². The molecule has 4 rings (SSSR count). The number of ether oxygens (including phenoxy) is 1. The molecule has 2 saturated heterocycles. The molecule has 2 aromatic rings. The quantitative estimate of drug-likeness (QED) is 0.759. The first kappa shape index (κ1) is 18.9. The lowest BCUT2D eigenvalue weighted by Crippen LogP contribution is -2.62. The molecule has 0 atom stereocenters. The molecule has 8 heteroatoms. The molecule has 7 nitrogen and oxygen atoms in total. The number of hydrogen-bond donors (Lipinski definition) is 1. The van der Waals surface area contributed by atoms with Crippen LogP contribution in [-0.4, -0.2) is 53.3 Å². The summed E-state index contributed by atoms with van der Waals surface area (Å²) in [7, 11) is 0. The zero-order valence-electron chi connectivity index (χ0n) is 15.6. The topological polar surface area (TPSA) is 79.0 Å². The Morgan fingerprint density at radius 3 is 2.55 bits per heavy atom. The highest BCUT2D eigenvalue weighted by molar-refractivity contribution is 6.02. The second kappa shape index (κ2) is 7.90. The highest BCUT2D eigenvalue weighted by Crippen LogP contribution is 2.24. The standard InChI is InChI=1S/C21H20FN3O4/c22-15-5-7-17(8-6-15)29-18-3-1-2-14(10-18)4-9-19(26)24-12-16(13-24)25-20(27)11-23-21(25)28/h1-3,5-8,10,16H,4,9,11-13H2,(H,23,28). The first-order valence-electron chi connectivity index (χ1n) is 9.39. The Bertz CT molecular complexity index is 925. The van der Waals surface area contributed by atoms with Gasteiger partial charge >= 0.3 is 6.03 Å². The highest BCUT2D eigenvalue weighted by atomic mass is 19.1. The van der Waals surface area contributed by atoms with Crippen molar-refractivity contribution < 1.29 is 23.5 Å². The maximum atomic E-state index is 13.0. The van der Waals surface area contributed by atoms with Crippen molar-refractivity contribution >= 4 is 17.8 Å². The lowest BCUT2D eigenvalue weighted by atomic mass is 10.0. The fourth-order valence-electron chi connectivity index (χ4n) is 3.44. The van der Waals surface area contributed by atoms with Crippen LogP contribution in [0, 0.1) is 5.82 Å². The third-order valence-corrected chi connectivity index (χ3v) is 5.03. The van der Waals surface area contributed by atoms with Crippen molar-refractivity contribution in [2.24, 2.45) is 0 Å². The van der Waals surface area contributed by atoms with Crippen LogP contribution in [0.5, 0.6) is 11.5 Å². The van der Waals surface area contributed by atoms with Crippen molar-refractivity contribution in [1.29, 1.82) is 0 Å². The number of carbonyl (C=O) groups is 3. The van der Waals surface area contributed by atoms with Crippen molar-refractivity contribution in [3.63, 3.8) is 0 Å². The van der Waals surface area contributed by atoms with E-state index in [0.29, 0.717) is 37.4 Å². The van der Waals surface area contributed by atoms with E-state index in [4.69, 9.17) is 4.74 Å². The van der Waals surface area contributed by atoms with Crippen LogP contribution in [0.1, 0.15) is 12.0 Å². The Morgan fingerprint density at radius 1 is 1.10 bits per heavy atom. The van der Waals surface area contributed by atoms with Crippen LogP contribution >= 0.6 is 0 Å². The molecule has 2 aliphatic heterocycles. The molecule has 0 unspecified atom stereocenters. The van der Waals surface area contributed by atoms with Crippen molar-refractivity contribution in [1.82, 2.24) is 15.1 Å². The van der Waals surface area contributed by atoms with E-state index < -0.39 is 0 Å². The number of urea groups is 1. The van der Waals surface area contributed by atoms with Gasteiger partial charge in [-0.15, -0.1) is 0 Å². The average Bonchev–Trinajstić information content (AvgIpc) is 3.00. The minimum Gasteiger partial charge on any atom is -0.457 e. The second-order valence-electron chi connectivity index (χ2n) is 7.08. The molecule has 2 fully saturated rings. The SMILES string of the molecule is O=C(CCc1cccc(Oc2ccc(F)cc2)c1)N1CC(N2C(=O)CNC2=O)C1. The van der Waals surface area contributed by atoms with Gasteiger partial charge in [0, 0.05) is 19.5 Å². The zero-order chi connectivity index (χ0) is 20.4. The molecule has 4 amide bonds. The van der Waals surface area contributed by atoms with Gasteiger partial charge in [0.2, 0.25) is 11.8 Å². The number of rotatable bonds is 6. The Balaban J connectivity index is 1.27. The monoisotopic (exact) mass is 397 g/mol. The van der Waals surface area contributed by atoms with Crippen LogP contribution in [-0.2, 0) is 16.0 Å². The fraction of sp³-hybridized carbons (Fsp3) is 0.286. The predicted molar refractivity (Wildman–Crippen MR) is 102 cm³/mol. The molecule has 0 radical (unpaired) electrons. The largest absolute Gasteiger partial charge is 0.457 e. The van der Waals surface area contributed by atoms with E-state index >= 15 is 0 Å². The minimum absolute atomic E-state index is 0.0156. The number of benzene rings is 2. The fourth-order valence-corrected chi connectivity index (χ4v) is 3.44. The van der Waals surface area contributed by atoms with Crippen molar-refractivity contribution in [3.8, 4) is 11.5 Å². The van der Waals surface area contributed by atoms with E-state index in [-0.39, 0.29) is 36.2 Å². The Hall–Kier alpha value is -3.42. The number of carbonyl (C=O) groups excluding carboxylic acids is 3. The van der Waals surface area contributed by atoms with Crippen molar-refractivity contribution in [2.45, 2.75) is 18.9 Å². The number of amides is 4. The lowest BCUT2D eigenvalue weighted by molar-refractivity contribution is -0.142. The number of halogens is 1. The van der Waals surface area contributed by atoms with E-state index in [2.05, 4.69) is 5.32 Å². The molecule has 29 heavy (non-hydrogen) atoms. The van der Waals surface area contributed by atoms with E-state index in [1.165, 1.54) is 17.0 Å². The summed E-state index contributed by atoms with van der Waals surface area (Å²) in [6, 6.07) is 12.6. The number of imide groups is 1. The van der Waals surface area contributed by atoms with Gasteiger partial charge in [-0.05, 0) is 48.4 Å². The van der Waals surface area contributed by atoms with Crippen LogP contribution in [0.2, 0.25) is 0 Å². The molecule has 0 saturated carbocycles. The van der Waals surface area contributed by atoms with Gasteiger partial charge in [-0.1, -0.05) is 12.1 Å². The van der Waals surface area contributed by atoms with Gasteiger partial charge in [-0.2, -0.15) is 0 Å². The lowest BCUT2D eigenvalue weighted by Gasteiger charge is -2.42. The Kier molecular flexibility index (Phi) is 5.16. The molecule has 0 spiro atoms. The van der Waals surface area contributed by atoms with Gasteiger partial charge in [0.1, 0.15) is 17.3 Å². The smallest absolute Gasteiger partial charge is 0.324 e. The number of likely N-dealkylation sites (tertiary alicyclic amines) is 1. The number of nitrogens with zero attached hydrogens (tertiary/aromatic N) is 2. The summed E-state index contributed by atoms with van der Waals surface area (Å²) in [4.78, 5) is 38.6. The summed E-state index contributed by atoms with van der Waals surface area (Å²) >= 11 is 0. The third kappa shape index (κ3) is 4.21. The summed E-state index contributed by atoms with van der Waals surface area (Å²) in [5.74, 6) is 0.562. The van der Waals surface area contributed by atoms with Gasteiger partial charge in [0.05, 0.1) is 12.6 Å². The molecular formula is C21H20FN3O4. The molecule has 2 heterocycles. The zero-order valence-corrected chi connectivity index (χ0v) is 15.6. The molecule has 150 valence electrons. The predicted octanol–water partition coefficient (Wildman–Crippen LogP) is 2.31. The molecule has 2 aromatic carbocycles. The Morgan fingerprint density at radius 2 is 1.86 bits per heavy atom. The van der Waals surface area contributed by atoms with Crippen LogP contribution in [0.4, 0.5) is 9.18 Å². The van der Waals surface area contributed by atoms with Gasteiger partial charge in [-0.3, -0.25) is 14.5 Å². The van der Waals surface area contributed by atoms with E-state index in [0.717, 1.165) is 5.56 Å². The summed E-state index contributed by atoms with van der Waals surface area (Å²) in [6.07, 6.45) is 0.872. The Labute approximate surface area is 167 Å². The minimum atomic E-state index is -0.384. The first-order chi connectivity index (χ1) is 14.0. The van der Waals surface area contributed by atoms with E-state index in [9.17, 15) is 18.8 Å². The van der Waals surface area contributed by atoms with Crippen LogP contribution < -0.4 is 10.1 Å². The third-order valence-electron chi connectivity index (χ3n) is 5.03. The maximum Gasteiger partial charge on any atom is 0.324 e. The van der Waals surface area contributed by atoms with Gasteiger partial charge in [0.25, 0.3) is 0 Å². The second-order valence-corrected chi connectivity index (χ2v) is 7.08. The van der Waals surface area contributed by atoms with Gasteiger partial charge in [0.15, 0.2) is 0 Å². The average molecular weight is 397 g/mol. The molecule has 0 aliphatic carbocycles. The van der Waals surface area contributed by atoms with Crippen LogP contribution in [0.15, 0.2) is 48.5 Å². The molecular weight excluding hydrogens is 377 g/mol. The number of aryl methyl sites for hydroxylation is 1. The summed E-state index contributed by atoms with van der Waals surface area (Å²) in [6.45, 7) is 0.789. The first-order valence-corrected chi connectivity index (χ1v) is 9.39. The van der Waals surface area contributed by atoms with Crippen LogP contribution in [0.3, 0.4) is 0 Å². The highest BCUT2D eigenvalue weighted by Gasteiger charge is 2.42. The van der Waals surface area contributed by atoms with E-state index in [1.54, 1.807) is 23.1 Å². The molecule has 2 aliphatic rings. The maximum absolute atomic E-state index is 13.0. The molecule has 0 bridgehead atoms. The summed E-state index contributed by atoms with van der Waals surface area (Å²) in [5, 5.41) is 2.49. The van der Waals surface area contributed by atoms with Crippen molar-refractivity contribution in [2.75, 3.05) is 19.6 Å². The van der Waals surface area contributed by atoms with Crippen molar-refractivity contribution in [3.05, 3.63) is 59.9 Å².